The second kappa shape index (κ2) is 4.31. The van der Waals surface area contributed by atoms with Gasteiger partial charge in [-0.25, -0.2) is 9.97 Å². The lowest BCUT2D eigenvalue weighted by Crippen LogP contribution is -2.13. The molecule has 2 aromatic rings. The highest BCUT2D eigenvalue weighted by Crippen LogP contribution is 2.21. The van der Waals surface area contributed by atoms with Gasteiger partial charge in [-0.3, -0.25) is 4.68 Å². The Balaban J connectivity index is 2.14. The lowest BCUT2D eigenvalue weighted by Gasteiger charge is -2.18. The van der Waals surface area contributed by atoms with Crippen molar-refractivity contribution < 1.29 is 0 Å². The summed E-state index contributed by atoms with van der Waals surface area (Å²) in [4.78, 5) is 8.47. The third-order valence-corrected chi connectivity index (χ3v) is 2.70. The number of nitrogens with one attached hydrogen (secondary N) is 1. The van der Waals surface area contributed by atoms with E-state index in [2.05, 4.69) is 41.2 Å². The van der Waals surface area contributed by atoms with E-state index >= 15 is 0 Å². The van der Waals surface area contributed by atoms with Crippen LogP contribution in [0.25, 0.3) is 11.0 Å². The third kappa shape index (κ3) is 2.72. The van der Waals surface area contributed by atoms with Crippen LogP contribution in [0.2, 0.25) is 0 Å². The molecule has 0 aliphatic rings. The fourth-order valence-corrected chi connectivity index (χ4v) is 1.66. The molecule has 17 heavy (non-hydrogen) atoms. The van der Waals surface area contributed by atoms with Crippen molar-refractivity contribution in [2.45, 2.75) is 27.2 Å². The summed E-state index contributed by atoms with van der Waals surface area (Å²) in [6.45, 7) is 7.60. The van der Waals surface area contributed by atoms with Gasteiger partial charge in [-0.15, -0.1) is 0 Å². The van der Waals surface area contributed by atoms with Crippen LogP contribution in [0.1, 0.15) is 27.2 Å². The Morgan fingerprint density at radius 1 is 1.29 bits per heavy atom. The van der Waals surface area contributed by atoms with Crippen molar-refractivity contribution in [2.24, 2.45) is 12.5 Å². The average Bonchev–Trinajstić information content (AvgIpc) is 2.60. The van der Waals surface area contributed by atoms with Crippen LogP contribution in [-0.2, 0) is 7.05 Å². The zero-order valence-corrected chi connectivity index (χ0v) is 10.9. The SMILES string of the molecule is Cn1ncc2c(NCCC(C)(C)C)ncnc21. The Hall–Kier alpha value is -1.65. The number of rotatable bonds is 3. The van der Waals surface area contributed by atoms with E-state index in [-0.39, 0.29) is 0 Å². The van der Waals surface area contributed by atoms with Gasteiger partial charge in [-0.1, -0.05) is 20.8 Å². The molecular formula is C12H19N5. The smallest absolute Gasteiger partial charge is 0.163 e. The molecule has 5 heteroatoms. The summed E-state index contributed by atoms with van der Waals surface area (Å²) in [5, 5.41) is 8.52. The van der Waals surface area contributed by atoms with Crippen LogP contribution in [0.5, 0.6) is 0 Å². The minimum Gasteiger partial charge on any atom is -0.369 e. The van der Waals surface area contributed by atoms with Gasteiger partial charge in [0.15, 0.2) is 5.65 Å². The normalized spacial score (nSPS) is 12.0. The van der Waals surface area contributed by atoms with Gasteiger partial charge in [0, 0.05) is 13.6 Å². The molecule has 2 aromatic heterocycles. The fraction of sp³-hybridized carbons (Fsp3) is 0.583. The maximum atomic E-state index is 4.26. The third-order valence-electron chi connectivity index (χ3n) is 2.70. The number of aryl methyl sites for hydroxylation is 1. The maximum Gasteiger partial charge on any atom is 0.163 e. The Morgan fingerprint density at radius 2 is 2.06 bits per heavy atom. The number of nitrogens with zero attached hydrogens (tertiary/aromatic N) is 4. The molecule has 0 saturated carbocycles. The first-order valence-corrected chi connectivity index (χ1v) is 5.84. The number of hydrogen-bond acceptors (Lipinski definition) is 4. The summed E-state index contributed by atoms with van der Waals surface area (Å²) in [6.07, 6.45) is 4.47. The van der Waals surface area contributed by atoms with E-state index in [0.29, 0.717) is 5.41 Å². The van der Waals surface area contributed by atoms with Gasteiger partial charge in [-0.2, -0.15) is 5.10 Å². The van der Waals surface area contributed by atoms with Gasteiger partial charge in [0.1, 0.15) is 12.1 Å². The summed E-state index contributed by atoms with van der Waals surface area (Å²) in [6, 6.07) is 0. The summed E-state index contributed by atoms with van der Waals surface area (Å²) >= 11 is 0. The lowest BCUT2D eigenvalue weighted by atomic mass is 9.92. The quantitative estimate of drug-likeness (QED) is 0.883. The van der Waals surface area contributed by atoms with Crippen molar-refractivity contribution in [3.8, 4) is 0 Å². The Morgan fingerprint density at radius 3 is 2.76 bits per heavy atom. The van der Waals surface area contributed by atoms with Crippen molar-refractivity contribution in [1.29, 1.82) is 0 Å². The second-order valence-electron chi connectivity index (χ2n) is 5.47. The summed E-state index contributed by atoms with van der Waals surface area (Å²) < 4.78 is 1.76. The van der Waals surface area contributed by atoms with E-state index in [9.17, 15) is 0 Å². The molecule has 1 N–H and O–H groups in total. The molecule has 0 radical (unpaired) electrons. The highest BCUT2D eigenvalue weighted by Gasteiger charge is 2.11. The van der Waals surface area contributed by atoms with Crippen molar-refractivity contribution in [3.63, 3.8) is 0 Å². The predicted octanol–water partition coefficient (Wildman–Crippen LogP) is 2.21. The van der Waals surface area contributed by atoms with Crippen LogP contribution in [0, 0.1) is 5.41 Å². The fourth-order valence-electron chi connectivity index (χ4n) is 1.66. The van der Waals surface area contributed by atoms with E-state index in [1.807, 2.05) is 7.05 Å². The van der Waals surface area contributed by atoms with Gasteiger partial charge < -0.3 is 5.32 Å². The molecule has 0 atom stereocenters. The Labute approximate surface area is 101 Å². The second-order valence-corrected chi connectivity index (χ2v) is 5.47. The van der Waals surface area contributed by atoms with Crippen molar-refractivity contribution >= 4 is 16.9 Å². The van der Waals surface area contributed by atoms with Crippen LogP contribution in [0.15, 0.2) is 12.5 Å². The minimum absolute atomic E-state index is 0.327. The van der Waals surface area contributed by atoms with E-state index in [1.54, 1.807) is 17.2 Å². The van der Waals surface area contributed by atoms with Crippen LogP contribution in [0.3, 0.4) is 0 Å². The van der Waals surface area contributed by atoms with Crippen LogP contribution < -0.4 is 5.32 Å². The molecule has 0 unspecified atom stereocenters. The van der Waals surface area contributed by atoms with E-state index in [4.69, 9.17) is 0 Å². The molecule has 2 rings (SSSR count). The number of aromatic nitrogens is 4. The van der Waals surface area contributed by atoms with E-state index < -0.39 is 0 Å². The zero-order chi connectivity index (χ0) is 12.5. The summed E-state index contributed by atoms with van der Waals surface area (Å²) in [5.74, 6) is 0.868. The predicted molar refractivity (Wildman–Crippen MR) is 68.9 cm³/mol. The van der Waals surface area contributed by atoms with Gasteiger partial charge in [0.05, 0.1) is 11.6 Å². The Kier molecular flexibility index (Phi) is 3.00. The topological polar surface area (TPSA) is 55.6 Å². The molecule has 92 valence electrons. The first kappa shape index (κ1) is 11.8. The zero-order valence-electron chi connectivity index (χ0n) is 10.9. The minimum atomic E-state index is 0.327. The lowest BCUT2D eigenvalue weighted by molar-refractivity contribution is 0.389. The average molecular weight is 233 g/mol. The molecule has 0 bridgehead atoms. The monoisotopic (exact) mass is 233 g/mol. The summed E-state index contributed by atoms with van der Waals surface area (Å²) in [5.41, 5.74) is 1.19. The van der Waals surface area contributed by atoms with E-state index in [1.165, 1.54) is 0 Å². The van der Waals surface area contributed by atoms with Gasteiger partial charge >= 0.3 is 0 Å². The van der Waals surface area contributed by atoms with Gasteiger partial charge in [0.25, 0.3) is 0 Å². The molecule has 0 fully saturated rings. The molecule has 0 saturated heterocycles. The highest BCUT2D eigenvalue weighted by atomic mass is 15.3. The number of anilines is 1. The van der Waals surface area contributed by atoms with Crippen LogP contribution in [-0.4, -0.2) is 26.3 Å². The molecule has 0 aliphatic heterocycles. The molecule has 0 aromatic carbocycles. The molecule has 2 heterocycles. The van der Waals surface area contributed by atoms with Crippen molar-refractivity contribution in [3.05, 3.63) is 12.5 Å². The van der Waals surface area contributed by atoms with Gasteiger partial charge in [0.2, 0.25) is 0 Å². The standard InChI is InChI=1S/C12H19N5/c1-12(2,3)5-6-13-10-9-7-16-17(4)11(9)15-8-14-10/h7-8H,5-6H2,1-4H3,(H,13,14,15). The van der Waals surface area contributed by atoms with Crippen molar-refractivity contribution in [1.82, 2.24) is 19.7 Å². The molecule has 0 spiro atoms. The number of hydrogen-bond donors (Lipinski definition) is 1. The molecule has 0 amide bonds. The molecule has 5 nitrogen and oxygen atoms in total. The van der Waals surface area contributed by atoms with Gasteiger partial charge in [-0.05, 0) is 11.8 Å². The van der Waals surface area contributed by atoms with Crippen LogP contribution in [0.4, 0.5) is 5.82 Å². The van der Waals surface area contributed by atoms with Crippen LogP contribution >= 0.6 is 0 Å². The van der Waals surface area contributed by atoms with E-state index in [0.717, 1.165) is 29.8 Å². The van der Waals surface area contributed by atoms with Crippen molar-refractivity contribution in [2.75, 3.05) is 11.9 Å². The highest BCUT2D eigenvalue weighted by molar-refractivity contribution is 5.85. The first-order chi connectivity index (χ1) is 7.97. The summed E-state index contributed by atoms with van der Waals surface area (Å²) in [7, 11) is 1.88. The number of fused-ring (bicyclic) bond motifs is 1. The Bertz CT molecular complexity index is 509. The first-order valence-electron chi connectivity index (χ1n) is 5.84. The molecule has 0 aliphatic carbocycles. The maximum absolute atomic E-state index is 4.26. The largest absolute Gasteiger partial charge is 0.369 e. The molecular weight excluding hydrogens is 214 g/mol.